The first kappa shape index (κ1) is 27.8. The van der Waals surface area contributed by atoms with Gasteiger partial charge in [-0.15, -0.1) is 11.8 Å². The SMILES string of the molecule is CSc1ccc(CNC(C(=O)N2C[C@@H](CN(C)C)Cc3cc(Cl)ccc32)C(C)c2c[nH]c3ccccc23)cc1. The molecule has 2 N–H and O–H groups in total. The molecule has 0 bridgehead atoms. The molecule has 5 nitrogen and oxygen atoms in total. The van der Waals surface area contributed by atoms with E-state index >= 15 is 0 Å². The number of carbonyl (C=O) groups is 1. The van der Waals surface area contributed by atoms with Gasteiger partial charge in [-0.1, -0.05) is 48.9 Å². The smallest absolute Gasteiger partial charge is 0.244 e. The standard InChI is InChI=1S/C32H37ClN4OS/c1-21(28-18-34-29-8-6-5-7-27(28)29)31(35-17-22-9-12-26(39-4)13-10-22)32(38)37-20-23(19-36(2)3)15-24-16-25(33)11-14-30(24)37/h5-14,16,18,21,23,31,34-35H,15,17,19-20H2,1-4H3/t21?,23-,31?/m1/s1. The van der Waals surface area contributed by atoms with E-state index < -0.39 is 6.04 Å². The molecule has 2 heterocycles. The van der Waals surface area contributed by atoms with Crippen LogP contribution in [0.3, 0.4) is 0 Å². The molecule has 5 rings (SSSR count). The second-order valence-corrected chi connectivity index (χ2v) is 12.2. The number of thioether (sulfide) groups is 1. The molecule has 1 amide bonds. The number of fused-ring (bicyclic) bond motifs is 2. The van der Waals surface area contributed by atoms with Crippen molar-refractivity contribution in [2.75, 3.05) is 38.3 Å². The molecule has 4 aromatic rings. The fraction of sp³-hybridized carbons (Fsp3) is 0.344. The number of para-hydroxylation sites is 1. The summed E-state index contributed by atoms with van der Waals surface area (Å²) in [6.07, 6.45) is 5.05. The summed E-state index contributed by atoms with van der Waals surface area (Å²) in [7, 11) is 4.18. The predicted octanol–water partition coefficient (Wildman–Crippen LogP) is 6.57. The normalized spacial score (nSPS) is 16.9. The van der Waals surface area contributed by atoms with Crippen molar-refractivity contribution in [2.24, 2.45) is 5.92 Å². The highest BCUT2D eigenvalue weighted by Gasteiger charge is 2.36. The molecule has 1 aliphatic rings. The molecule has 0 saturated heterocycles. The van der Waals surface area contributed by atoms with Gasteiger partial charge in [0.15, 0.2) is 0 Å². The Kier molecular flexibility index (Phi) is 8.67. The van der Waals surface area contributed by atoms with Crippen LogP contribution in [0.1, 0.15) is 29.5 Å². The summed E-state index contributed by atoms with van der Waals surface area (Å²) in [5, 5.41) is 5.54. The van der Waals surface area contributed by atoms with E-state index in [1.54, 1.807) is 11.8 Å². The van der Waals surface area contributed by atoms with Crippen molar-refractivity contribution in [3.05, 3.63) is 94.6 Å². The van der Waals surface area contributed by atoms with Crippen LogP contribution in [0.4, 0.5) is 5.69 Å². The Morgan fingerprint density at radius 2 is 1.92 bits per heavy atom. The summed E-state index contributed by atoms with van der Waals surface area (Å²) in [5.74, 6) is 0.377. The van der Waals surface area contributed by atoms with Crippen LogP contribution in [0.25, 0.3) is 10.9 Å². The lowest BCUT2D eigenvalue weighted by molar-refractivity contribution is -0.121. The molecule has 0 saturated carbocycles. The molecule has 2 unspecified atom stereocenters. The molecule has 3 aromatic carbocycles. The van der Waals surface area contributed by atoms with Crippen molar-refractivity contribution in [1.29, 1.82) is 0 Å². The van der Waals surface area contributed by atoms with Gasteiger partial charge in [0.05, 0.1) is 6.04 Å². The third-order valence-electron chi connectivity index (χ3n) is 7.73. The fourth-order valence-electron chi connectivity index (χ4n) is 5.83. The second-order valence-electron chi connectivity index (χ2n) is 10.8. The van der Waals surface area contributed by atoms with Crippen LogP contribution >= 0.6 is 23.4 Å². The summed E-state index contributed by atoms with van der Waals surface area (Å²) in [5.41, 5.74) is 5.50. The van der Waals surface area contributed by atoms with E-state index in [-0.39, 0.29) is 11.8 Å². The Labute approximate surface area is 240 Å². The largest absolute Gasteiger partial charge is 0.361 e. The number of hydrogen-bond donors (Lipinski definition) is 2. The van der Waals surface area contributed by atoms with Crippen LogP contribution in [-0.2, 0) is 17.8 Å². The van der Waals surface area contributed by atoms with Crippen molar-refractivity contribution in [1.82, 2.24) is 15.2 Å². The number of aromatic nitrogens is 1. The molecule has 204 valence electrons. The average molecular weight is 561 g/mol. The summed E-state index contributed by atoms with van der Waals surface area (Å²) >= 11 is 8.13. The number of nitrogens with one attached hydrogen (secondary N) is 2. The average Bonchev–Trinajstić information content (AvgIpc) is 3.36. The number of H-pyrrole nitrogens is 1. The molecule has 0 spiro atoms. The van der Waals surface area contributed by atoms with Crippen LogP contribution in [-0.4, -0.2) is 55.3 Å². The Balaban J connectivity index is 1.49. The predicted molar refractivity (Wildman–Crippen MR) is 165 cm³/mol. The first-order valence-electron chi connectivity index (χ1n) is 13.5. The van der Waals surface area contributed by atoms with E-state index in [0.717, 1.165) is 46.2 Å². The van der Waals surface area contributed by atoms with Gasteiger partial charge >= 0.3 is 0 Å². The molecule has 0 fully saturated rings. The fourth-order valence-corrected chi connectivity index (χ4v) is 6.43. The summed E-state index contributed by atoms with van der Waals surface area (Å²) < 4.78 is 0. The Morgan fingerprint density at radius 3 is 2.67 bits per heavy atom. The molecule has 1 aliphatic heterocycles. The van der Waals surface area contributed by atoms with Crippen molar-refractivity contribution in [2.45, 2.75) is 36.7 Å². The van der Waals surface area contributed by atoms with E-state index in [1.807, 2.05) is 29.2 Å². The van der Waals surface area contributed by atoms with Gasteiger partial charge in [0.25, 0.3) is 0 Å². The number of aromatic amines is 1. The van der Waals surface area contributed by atoms with Gasteiger partial charge in [-0.3, -0.25) is 4.79 Å². The zero-order valence-electron chi connectivity index (χ0n) is 23.1. The van der Waals surface area contributed by atoms with Crippen molar-refractivity contribution in [3.8, 4) is 0 Å². The van der Waals surface area contributed by atoms with Crippen LogP contribution < -0.4 is 10.2 Å². The summed E-state index contributed by atoms with van der Waals surface area (Å²) in [6.45, 7) is 4.37. The van der Waals surface area contributed by atoms with Crippen molar-refractivity contribution >= 4 is 45.9 Å². The maximum Gasteiger partial charge on any atom is 0.244 e. The lowest BCUT2D eigenvalue weighted by Gasteiger charge is -2.39. The highest BCUT2D eigenvalue weighted by molar-refractivity contribution is 7.98. The maximum atomic E-state index is 14.6. The number of rotatable bonds is 9. The number of anilines is 1. The first-order valence-corrected chi connectivity index (χ1v) is 15.1. The molecular weight excluding hydrogens is 524 g/mol. The Morgan fingerprint density at radius 1 is 1.15 bits per heavy atom. The zero-order valence-corrected chi connectivity index (χ0v) is 24.6. The number of amides is 1. The van der Waals surface area contributed by atoms with Gasteiger partial charge in [0, 0.05) is 58.3 Å². The third kappa shape index (κ3) is 6.20. The third-order valence-corrected chi connectivity index (χ3v) is 8.71. The van der Waals surface area contributed by atoms with Crippen molar-refractivity contribution < 1.29 is 4.79 Å². The second kappa shape index (κ2) is 12.2. The van der Waals surface area contributed by atoms with Gasteiger partial charge < -0.3 is 20.1 Å². The summed E-state index contributed by atoms with van der Waals surface area (Å²) in [4.78, 5) is 23.4. The van der Waals surface area contributed by atoms with Crippen molar-refractivity contribution in [3.63, 3.8) is 0 Å². The van der Waals surface area contributed by atoms with Gasteiger partial charge in [-0.2, -0.15) is 0 Å². The minimum atomic E-state index is -0.411. The maximum absolute atomic E-state index is 14.6. The minimum Gasteiger partial charge on any atom is -0.361 e. The van der Waals surface area contributed by atoms with Gasteiger partial charge in [0.2, 0.25) is 5.91 Å². The van der Waals surface area contributed by atoms with Crippen LogP contribution in [0.5, 0.6) is 0 Å². The molecule has 0 aliphatic carbocycles. The molecule has 3 atom stereocenters. The Hall–Kier alpha value is -2.77. The van der Waals surface area contributed by atoms with Crippen LogP contribution in [0, 0.1) is 5.92 Å². The molecular formula is C32H37ClN4OS. The zero-order chi connectivity index (χ0) is 27.5. The minimum absolute atomic E-state index is 0.0518. The first-order chi connectivity index (χ1) is 18.8. The topological polar surface area (TPSA) is 51.4 Å². The summed E-state index contributed by atoms with van der Waals surface area (Å²) in [6, 6.07) is 22.4. The molecule has 7 heteroatoms. The van der Waals surface area contributed by atoms with Gasteiger partial charge in [-0.25, -0.2) is 0 Å². The molecule has 39 heavy (non-hydrogen) atoms. The lowest BCUT2D eigenvalue weighted by Crippen LogP contribution is -2.52. The van der Waals surface area contributed by atoms with E-state index in [1.165, 1.54) is 4.90 Å². The number of nitrogens with zero attached hydrogens (tertiary/aromatic N) is 2. The van der Waals surface area contributed by atoms with E-state index in [4.69, 9.17) is 11.6 Å². The van der Waals surface area contributed by atoms with Crippen LogP contribution in [0.15, 0.2) is 77.8 Å². The number of carbonyl (C=O) groups excluding carboxylic acids is 1. The highest BCUT2D eigenvalue weighted by atomic mass is 35.5. The Bertz CT molecular complexity index is 1430. The van der Waals surface area contributed by atoms with E-state index in [2.05, 4.69) is 91.1 Å². The number of halogens is 1. The quantitative estimate of drug-likeness (QED) is 0.227. The van der Waals surface area contributed by atoms with Crippen LogP contribution in [0.2, 0.25) is 5.02 Å². The van der Waals surface area contributed by atoms with E-state index in [9.17, 15) is 4.79 Å². The molecule has 0 radical (unpaired) electrons. The van der Waals surface area contributed by atoms with E-state index in [0.29, 0.717) is 24.0 Å². The lowest BCUT2D eigenvalue weighted by atomic mass is 9.88. The van der Waals surface area contributed by atoms with Gasteiger partial charge in [-0.05, 0) is 85.8 Å². The number of hydrogen-bond acceptors (Lipinski definition) is 4. The molecule has 1 aromatic heterocycles. The highest BCUT2D eigenvalue weighted by Crippen LogP contribution is 2.35. The number of benzene rings is 3. The monoisotopic (exact) mass is 560 g/mol. The van der Waals surface area contributed by atoms with Gasteiger partial charge in [0.1, 0.15) is 0 Å².